The number of halogens is 1. The Morgan fingerprint density at radius 2 is 1.61 bits per heavy atom. The minimum atomic E-state index is 0.447. The van der Waals surface area contributed by atoms with Crippen LogP contribution < -0.4 is 4.74 Å². The van der Waals surface area contributed by atoms with Crippen LogP contribution in [-0.2, 0) is 0 Å². The second-order valence-corrected chi connectivity index (χ2v) is 10.0. The van der Waals surface area contributed by atoms with Crippen molar-refractivity contribution in [3.05, 3.63) is 82.9 Å². The van der Waals surface area contributed by atoms with E-state index in [1.165, 1.54) is 31.7 Å². The SMILES string of the molecule is Clc1cccc2c1c1c(c3ccccc32)Sc2c(ccc3c2C2C=CC3S2)O1. The third kappa shape index (κ3) is 1.92. The first-order valence-electron chi connectivity index (χ1n) is 9.29. The van der Waals surface area contributed by atoms with E-state index in [-0.39, 0.29) is 0 Å². The van der Waals surface area contributed by atoms with E-state index in [0.29, 0.717) is 10.5 Å². The first-order chi connectivity index (χ1) is 13.8. The number of hydrogen-bond donors (Lipinski definition) is 0. The summed E-state index contributed by atoms with van der Waals surface area (Å²) in [5.74, 6) is 1.84. The molecule has 4 heteroatoms. The number of benzene rings is 4. The van der Waals surface area contributed by atoms with Crippen LogP contribution in [0, 0.1) is 0 Å². The Hall–Kier alpha value is -2.07. The molecule has 0 saturated carbocycles. The molecular weight excluding hydrogens is 404 g/mol. The molecule has 7 rings (SSSR count). The molecule has 2 atom stereocenters. The Kier molecular flexibility index (Phi) is 3.11. The van der Waals surface area contributed by atoms with Crippen molar-refractivity contribution in [1.29, 1.82) is 0 Å². The van der Waals surface area contributed by atoms with Gasteiger partial charge in [0.2, 0.25) is 0 Å². The first kappa shape index (κ1) is 15.8. The van der Waals surface area contributed by atoms with Crippen LogP contribution in [0.25, 0.3) is 21.5 Å². The van der Waals surface area contributed by atoms with Gasteiger partial charge in [0.25, 0.3) is 0 Å². The van der Waals surface area contributed by atoms with E-state index in [2.05, 4.69) is 54.6 Å². The Labute approximate surface area is 175 Å². The van der Waals surface area contributed by atoms with E-state index >= 15 is 0 Å². The molecule has 134 valence electrons. The van der Waals surface area contributed by atoms with Gasteiger partial charge in [-0.2, -0.15) is 0 Å². The summed E-state index contributed by atoms with van der Waals surface area (Å²) in [5.41, 5.74) is 2.88. The van der Waals surface area contributed by atoms with Crippen molar-refractivity contribution in [3.63, 3.8) is 0 Å². The molecule has 0 radical (unpaired) electrons. The average Bonchev–Trinajstić information content (AvgIpc) is 3.35. The fourth-order valence-corrected chi connectivity index (χ4v) is 7.71. The summed E-state index contributed by atoms with van der Waals surface area (Å²) in [7, 11) is 0. The molecule has 2 unspecified atom stereocenters. The fourth-order valence-electron chi connectivity index (χ4n) is 4.66. The van der Waals surface area contributed by atoms with E-state index in [4.69, 9.17) is 16.3 Å². The summed E-state index contributed by atoms with van der Waals surface area (Å²) in [5, 5.41) is 6.28. The van der Waals surface area contributed by atoms with Crippen LogP contribution in [0.3, 0.4) is 0 Å². The van der Waals surface area contributed by atoms with E-state index in [0.717, 1.165) is 27.3 Å². The van der Waals surface area contributed by atoms with Gasteiger partial charge < -0.3 is 4.74 Å². The maximum atomic E-state index is 6.66. The third-order valence-corrected chi connectivity index (χ3v) is 8.80. The Bertz CT molecular complexity index is 1370. The number of rotatable bonds is 0. The van der Waals surface area contributed by atoms with Gasteiger partial charge in [-0.05, 0) is 34.0 Å². The van der Waals surface area contributed by atoms with Crippen molar-refractivity contribution in [2.24, 2.45) is 0 Å². The van der Waals surface area contributed by atoms with Gasteiger partial charge in [-0.25, -0.2) is 0 Å². The van der Waals surface area contributed by atoms with E-state index in [1.54, 1.807) is 0 Å². The highest BCUT2D eigenvalue weighted by molar-refractivity contribution is 8.01. The summed E-state index contributed by atoms with van der Waals surface area (Å²) < 4.78 is 6.57. The predicted octanol–water partition coefficient (Wildman–Crippen LogP) is 8.30. The van der Waals surface area contributed by atoms with Crippen LogP contribution in [0.15, 0.2) is 76.5 Å². The number of ether oxygens (including phenoxy) is 1. The highest BCUT2D eigenvalue weighted by atomic mass is 35.5. The quantitative estimate of drug-likeness (QED) is 0.185. The lowest BCUT2D eigenvalue weighted by Gasteiger charge is -2.26. The van der Waals surface area contributed by atoms with Gasteiger partial charge in [-0.1, -0.05) is 78.0 Å². The molecule has 0 aromatic heterocycles. The highest BCUT2D eigenvalue weighted by Crippen LogP contribution is 2.64. The maximum Gasteiger partial charge on any atom is 0.151 e. The molecule has 0 amide bonds. The summed E-state index contributed by atoms with van der Waals surface area (Å²) in [6, 6.07) is 19.0. The predicted molar refractivity (Wildman–Crippen MR) is 119 cm³/mol. The number of thioether (sulfide) groups is 1. The minimum Gasteiger partial charge on any atom is -0.454 e. The molecule has 0 spiro atoms. The first-order valence-corrected chi connectivity index (χ1v) is 11.4. The molecule has 28 heavy (non-hydrogen) atoms. The van der Waals surface area contributed by atoms with Crippen LogP contribution in [0.5, 0.6) is 11.5 Å². The van der Waals surface area contributed by atoms with Crippen molar-refractivity contribution in [2.45, 2.75) is 20.3 Å². The van der Waals surface area contributed by atoms with Gasteiger partial charge in [-0.15, -0.1) is 11.8 Å². The number of fused-ring (bicyclic) bond motifs is 13. The molecule has 0 saturated heterocycles. The van der Waals surface area contributed by atoms with Crippen molar-refractivity contribution in [3.8, 4) is 11.5 Å². The van der Waals surface area contributed by atoms with Gasteiger partial charge >= 0.3 is 0 Å². The maximum absolute atomic E-state index is 6.66. The topological polar surface area (TPSA) is 9.23 Å². The molecule has 3 aliphatic heterocycles. The van der Waals surface area contributed by atoms with Crippen LogP contribution in [0.2, 0.25) is 5.02 Å². The van der Waals surface area contributed by atoms with Crippen molar-refractivity contribution in [1.82, 2.24) is 0 Å². The van der Waals surface area contributed by atoms with E-state index < -0.39 is 0 Å². The highest BCUT2D eigenvalue weighted by Gasteiger charge is 2.38. The van der Waals surface area contributed by atoms with Crippen molar-refractivity contribution >= 4 is 56.7 Å². The van der Waals surface area contributed by atoms with Crippen LogP contribution in [-0.4, -0.2) is 0 Å². The summed E-state index contributed by atoms with van der Waals surface area (Å²) in [6.45, 7) is 0. The second-order valence-electron chi connectivity index (χ2n) is 7.33. The molecular formula is C24H13ClOS2. The largest absolute Gasteiger partial charge is 0.454 e. The summed E-state index contributed by atoms with van der Waals surface area (Å²) in [6.07, 6.45) is 4.67. The Balaban J connectivity index is 1.57. The fraction of sp³-hybridized carbons (Fsp3) is 0.0833. The van der Waals surface area contributed by atoms with Crippen molar-refractivity contribution < 1.29 is 4.74 Å². The van der Waals surface area contributed by atoms with Crippen LogP contribution in [0.4, 0.5) is 0 Å². The lowest BCUT2D eigenvalue weighted by atomic mass is 9.96. The van der Waals surface area contributed by atoms with Gasteiger partial charge in [0, 0.05) is 16.0 Å². The molecule has 4 aromatic rings. The van der Waals surface area contributed by atoms with Crippen LogP contribution >= 0.6 is 35.1 Å². The zero-order chi connectivity index (χ0) is 18.4. The molecule has 0 N–H and O–H groups in total. The zero-order valence-corrected chi connectivity index (χ0v) is 17.0. The average molecular weight is 417 g/mol. The van der Waals surface area contributed by atoms with Crippen molar-refractivity contribution in [2.75, 3.05) is 0 Å². The standard InChI is InChI=1S/C24H13ClOS2/c25-16-7-3-6-13-12-4-1-2-5-14(12)23-22(20(13)16)26-17-9-8-15-18-10-11-19(27-18)21(15)24(17)28-23/h1-11,18-19H. The summed E-state index contributed by atoms with van der Waals surface area (Å²) in [4.78, 5) is 2.44. The smallest absolute Gasteiger partial charge is 0.151 e. The molecule has 0 aliphatic carbocycles. The van der Waals surface area contributed by atoms with Gasteiger partial charge in [-0.3, -0.25) is 0 Å². The summed E-state index contributed by atoms with van der Waals surface area (Å²) >= 11 is 10.5. The monoisotopic (exact) mass is 416 g/mol. The minimum absolute atomic E-state index is 0.447. The zero-order valence-electron chi connectivity index (χ0n) is 14.6. The molecule has 3 heterocycles. The normalized spacial score (nSPS) is 20.9. The van der Waals surface area contributed by atoms with Gasteiger partial charge in [0.1, 0.15) is 5.75 Å². The molecule has 3 aliphatic rings. The Morgan fingerprint density at radius 3 is 2.54 bits per heavy atom. The molecule has 0 fully saturated rings. The molecule has 2 bridgehead atoms. The molecule has 4 aromatic carbocycles. The molecule has 1 nitrogen and oxygen atoms in total. The van der Waals surface area contributed by atoms with E-state index in [9.17, 15) is 0 Å². The Morgan fingerprint density at radius 1 is 0.786 bits per heavy atom. The lowest BCUT2D eigenvalue weighted by molar-refractivity contribution is 0.460. The second kappa shape index (κ2) is 5.50. The van der Waals surface area contributed by atoms with Crippen LogP contribution in [0.1, 0.15) is 21.6 Å². The third-order valence-electron chi connectivity index (χ3n) is 5.86. The lowest BCUT2D eigenvalue weighted by Crippen LogP contribution is -2.03. The number of hydrogen-bond acceptors (Lipinski definition) is 3. The van der Waals surface area contributed by atoms with E-state index in [1.807, 2.05) is 35.7 Å². The van der Waals surface area contributed by atoms with Gasteiger partial charge in [0.05, 0.1) is 20.1 Å². The van der Waals surface area contributed by atoms with Gasteiger partial charge in [0.15, 0.2) is 5.75 Å².